The molecule has 5 heteroatoms. The van der Waals surface area contributed by atoms with Crippen molar-refractivity contribution in [3.05, 3.63) is 0 Å². The summed E-state index contributed by atoms with van der Waals surface area (Å²) in [5.74, 6) is -0.903. The van der Waals surface area contributed by atoms with Crippen molar-refractivity contribution >= 4 is 23.3 Å². The molecule has 0 unspecified atom stereocenters. The van der Waals surface area contributed by atoms with Crippen molar-refractivity contribution in [1.29, 1.82) is 0 Å². The molecule has 0 aromatic rings. The van der Waals surface area contributed by atoms with Gasteiger partial charge in [-0.05, 0) is 12.8 Å². The second-order valence-corrected chi connectivity index (χ2v) is 6.07. The maximum atomic E-state index is 10.2. The quantitative estimate of drug-likeness (QED) is 0.243. The molecule has 0 saturated heterocycles. The van der Waals surface area contributed by atoms with Crippen molar-refractivity contribution in [2.45, 2.75) is 110 Å². The number of carboxylic acid groups (broad SMARTS) is 1. The predicted molar refractivity (Wildman–Crippen MR) is 90.3 cm³/mol. The van der Waals surface area contributed by atoms with Crippen LogP contribution in [-0.2, 0) is 4.79 Å². The first-order valence-corrected chi connectivity index (χ1v) is 8.97. The van der Waals surface area contributed by atoms with Gasteiger partial charge in [0.2, 0.25) is 0 Å². The number of hydrogen-bond donors (Lipinski definition) is 0. The van der Waals surface area contributed by atoms with Gasteiger partial charge in [0.15, 0.2) is 0 Å². The fraction of sp³-hybridized carbons (Fsp3) is 0.944. The first-order valence-electron chi connectivity index (χ1n) is 8.97. The van der Waals surface area contributed by atoms with E-state index < -0.39 is 5.97 Å². The van der Waals surface area contributed by atoms with E-state index in [1.54, 1.807) is 0 Å². The van der Waals surface area contributed by atoms with Crippen LogP contribution in [0.15, 0.2) is 0 Å². The topological polar surface area (TPSA) is 40.1 Å². The van der Waals surface area contributed by atoms with E-state index in [4.69, 9.17) is 0 Å². The molecular formula is C18H35AlClKO2+2. The van der Waals surface area contributed by atoms with E-state index in [-0.39, 0.29) is 87.6 Å². The van der Waals surface area contributed by atoms with Crippen molar-refractivity contribution in [3.63, 3.8) is 0 Å². The molecule has 0 bridgehead atoms. The Labute approximate surface area is 204 Å². The molecule has 0 aromatic carbocycles. The third-order valence-corrected chi connectivity index (χ3v) is 3.98. The molecule has 0 saturated carbocycles. The summed E-state index contributed by atoms with van der Waals surface area (Å²) in [6.07, 6.45) is 19.9. The summed E-state index contributed by atoms with van der Waals surface area (Å²) < 4.78 is 0. The van der Waals surface area contributed by atoms with Crippen molar-refractivity contribution in [2.75, 3.05) is 0 Å². The molecule has 0 fully saturated rings. The number of aliphatic carboxylic acids is 1. The summed E-state index contributed by atoms with van der Waals surface area (Å²) in [6, 6.07) is 0. The summed E-state index contributed by atoms with van der Waals surface area (Å²) in [7, 11) is 0. The van der Waals surface area contributed by atoms with Gasteiger partial charge < -0.3 is 22.3 Å². The number of halogens is 1. The van der Waals surface area contributed by atoms with E-state index in [9.17, 15) is 9.90 Å². The van der Waals surface area contributed by atoms with Gasteiger partial charge in [0.05, 0.1) is 0 Å². The van der Waals surface area contributed by atoms with Crippen molar-refractivity contribution in [3.8, 4) is 0 Å². The number of unbranched alkanes of at least 4 members (excludes halogenated alkanes) is 14. The number of carbonyl (C=O) groups excluding carboxylic acids is 1. The zero-order chi connectivity index (χ0) is 14.9. The van der Waals surface area contributed by atoms with Gasteiger partial charge in [-0.1, -0.05) is 96.8 Å². The van der Waals surface area contributed by atoms with Crippen LogP contribution in [0.5, 0.6) is 0 Å². The van der Waals surface area contributed by atoms with Crippen LogP contribution in [0, 0.1) is 0 Å². The Morgan fingerprint density at radius 1 is 0.652 bits per heavy atom. The van der Waals surface area contributed by atoms with Crippen LogP contribution in [0.25, 0.3) is 0 Å². The fourth-order valence-corrected chi connectivity index (χ4v) is 2.64. The Balaban J connectivity index is -0.000000602. The van der Waals surface area contributed by atoms with Gasteiger partial charge in [0, 0.05) is 5.97 Å². The Morgan fingerprint density at radius 3 is 1.17 bits per heavy atom. The molecule has 0 aliphatic rings. The Kier molecular flexibility index (Phi) is 40.7. The molecule has 0 aliphatic heterocycles. The summed E-state index contributed by atoms with van der Waals surface area (Å²) >= 11 is 0. The van der Waals surface area contributed by atoms with Gasteiger partial charge in [-0.25, -0.2) is 0 Å². The number of rotatable bonds is 16. The third-order valence-electron chi connectivity index (χ3n) is 3.98. The summed E-state index contributed by atoms with van der Waals surface area (Å²) in [4.78, 5) is 10.2. The summed E-state index contributed by atoms with van der Waals surface area (Å²) in [5, 5.41) is 10.2. The average molecular weight is 385 g/mol. The van der Waals surface area contributed by atoms with Crippen molar-refractivity contribution < 1.29 is 73.7 Å². The molecular weight excluding hydrogens is 350 g/mol. The third kappa shape index (κ3) is 32.1. The number of hydrogen-bond acceptors (Lipinski definition) is 2. The van der Waals surface area contributed by atoms with Crippen LogP contribution in [0.1, 0.15) is 110 Å². The van der Waals surface area contributed by atoms with Crippen LogP contribution in [-0.4, -0.2) is 23.3 Å². The molecule has 23 heavy (non-hydrogen) atoms. The maximum Gasteiger partial charge on any atom is 3.00 e. The molecule has 0 aromatic heterocycles. The van der Waals surface area contributed by atoms with Crippen LogP contribution in [0.3, 0.4) is 0 Å². The van der Waals surface area contributed by atoms with E-state index >= 15 is 0 Å². The van der Waals surface area contributed by atoms with E-state index in [0.717, 1.165) is 12.8 Å². The standard InChI is InChI=1S/C18H36O2.Al.ClH.K/c1-2-3-4-5-6-7-8-9-10-11-12-13-14-15-16-17-18(19)20;;;/h2-17H2,1H3,(H,19,20);;1H;/q;+3;;+1/p-2. The largest absolute Gasteiger partial charge is 3.00 e. The summed E-state index contributed by atoms with van der Waals surface area (Å²) in [5.41, 5.74) is 0. The zero-order valence-electron chi connectivity index (χ0n) is 15.6. The van der Waals surface area contributed by atoms with E-state index in [2.05, 4.69) is 6.92 Å². The molecule has 0 atom stereocenters. The fourth-order valence-electron chi connectivity index (χ4n) is 2.64. The SMILES string of the molecule is CCCCCCCCCCCCCCCCCC(=O)[O-].[Al+3].[Cl-].[K+]. The number of carboxylic acids is 1. The van der Waals surface area contributed by atoms with Gasteiger partial charge in [-0.15, -0.1) is 0 Å². The van der Waals surface area contributed by atoms with Crippen LogP contribution >= 0.6 is 0 Å². The smallest absolute Gasteiger partial charge is 1.00 e. The average Bonchev–Trinajstić information content (AvgIpc) is 2.43. The molecule has 0 aliphatic carbocycles. The van der Waals surface area contributed by atoms with Crippen LogP contribution in [0.4, 0.5) is 0 Å². The molecule has 0 spiro atoms. The minimum absolute atomic E-state index is 0. The van der Waals surface area contributed by atoms with E-state index in [1.807, 2.05) is 0 Å². The first kappa shape index (κ1) is 32.6. The first-order chi connectivity index (χ1) is 9.77. The Bertz CT molecular complexity index is 219. The molecule has 0 rings (SSSR count). The molecule has 0 amide bonds. The summed E-state index contributed by atoms with van der Waals surface area (Å²) in [6.45, 7) is 2.27. The molecule has 0 heterocycles. The van der Waals surface area contributed by atoms with Gasteiger partial charge >= 0.3 is 68.7 Å². The molecule has 128 valence electrons. The van der Waals surface area contributed by atoms with Crippen LogP contribution < -0.4 is 68.9 Å². The molecule has 0 radical (unpaired) electrons. The van der Waals surface area contributed by atoms with E-state index in [1.165, 1.54) is 83.5 Å². The molecule has 0 N–H and O–H groups in total. The monoisotopic (exact) mass is 384 g/mol. The Morgan fingerprint density at radius 2 is 0.913 bits per heavy atom. The normalized spacial score (nSPS) is 9.43. The molecule has 2 nitrogen and oxygen atoms in total. The second-order valence-electron chi connectivity index (χ2n) is 6.07. The maximum absolute atomic E-state index is 10.2. The van der Waals surface area contributed by atoms with Gasteiger partial charge in [-0.3, -0.25) is 0 Å². The van der Waals surface area contributed by atoms with Gasteiger partial charge in [0.1, 0.15) is 0 Å². The van der Waals surface area contributed by atoms with E-state index in [0.29, 0.717) is 0 Å². The second kappa shape index (κ2) is 28.7. The predicted octanol–water partition coefficient (Wildman–Crippen LogP) is -1.37. The van der Waals surface area contributed by atoms with Crippen LogP contribution in [0.2, 0.25) is 0 Å². The Hall–Kier alpha value is 1.93. The minimum Gasteiger partial charge on any atom is -1.00 e. The van der Waals surface area contributed by atoms with Crippen molar-refractivity contribution in [2.24, 2.45) is 0 Å². The van der Waals surface area contributed by atoms with Gasteiger partial charge in [0.25, 0.3) is 0 Å². The number of carbonyl (C=O) groups is 1. The zero-order valence-corrected chi connectivity index (χ0v) is 20.6. The minimum atomic E-state index is -0.903. The van der Waals surface area contributed by atoms with Gasteiger partial charge in [-0.2, -0.15) is 0 Å². The van der Waals surface area contributed by atoms with Crippen molar-refractivity contribution in [1.82, 2.24) is 0 Å².